The standard InChI is InChI=1S/C20H20ClNO5/c21-14-5-3-11(4-6-14)15(23)10-27-16(24)7-8-22-19(25)17-12-1-2-13(9-12)18(17)20(22)26/h3-6,12-13,17-18H,1-2,7-10H2/t12-,13-,17+,18+/m0/s1. The van der Waals surface area contributed by atoms with E-state index in [1.165, 1.54) is 4.90 Å². The Morgan fingerprint density at radius 1 is 1.04 bits per heavy atom. The van der Waals surface area contributed by atoms with E-state index in [2.05, 4.69) is 0 Å². The summed E-state index contributed by atoms with van der Waals surface area (Å²) in [6.45, 7) is -0.351. The molecule has 2 amide bonds. The average Bonchev–Trinajstić information content (AvgIpc) is 3.33. The van der Waals surface area contributed by atoms with Crippen molar-refractivity contribution < 1.29 is 23.9 Å². The number of carbonyl (C=O) groups excluding carboxylic acids is 4. The number of esters is 1. The fraction of sp³-hybridized carbons (Fsp3) is 0.500. The number of ketones is 1. The molecule has 1 heterocycles. The van der Waals surface area contributed by atoms with Crippen LogP contribution in [-0.2, 0) is 19.1 Å². The van der Waals surface area contributed by atoms with Crippen molar-refractivity contribution in [3.05, 3.63) is 34.9 Å². The molecular formula is C20H20ClNO5. The highest BCUT2D eigenvalue weighted by Gasteiger charge is 2.60. The maximum Gasteiger partial charge on any atom is 0.308 e. The molecule has 2 saturated carbocycles. The van der Waals surface area contributed by atoms with Crippen LogP contribution in [0.5, 0.6) is 0 Å². The third-order valence-electron chi connectivity index (χ3n) is 6.09. The van der Waals surface area contributed by atoms with Gasteiger partial charge in [-0.15, -0.1) is 0 Å². The third kappa shape index (κ3) is 3.27. The van der Waals surface area contributed by atoms with Crippen molar-refractivity contribution in [1.82, 2.24) is 4.90 Å². The molecule has 0 unspecified atom stereocenters. The van der Waals surface area contributed by atoms with E-state index in [1.807, 2.05) is 0 Å². The number of amides is 2. The summed E-state index contributed by atoms with van der Waals surface area (Å²) in [6, 6.07) is 6.30. The fourth-order valence-electron chi connectivity index (χ4n) is 4.83. The minimum absolute atomic E-state index is 0.0259. The van der Waals surface area contributed by atoms with Crippen molar-refractivity contribution in [3.8, 4) is 0 Å². The zero-order valence-electron chi connectivity index (χ0n) is 14.7. The first-order chi connectivity index (χ1) is 13.0. The SMILES string of the molecule is O=C(CCN1C(=O)[C@@H]2[C@H]3CC[C@@H](C3)[C@H]2C1=O)OCC(=O)c1ccc(Cl)cc1. The van der Waals surface area contributed by atoms with Gasteiger partial charge in [-0.1, -0.05) is 11.6 Å². The third-order valence-corrected chi connectivity index (χ3v) is 6.34. The van der Waals surface area contributed by atoms with Gasteiger partial charge < -0.3 is 4.74 Å². The first-order valence-corrected chi connectivity index (χ1v) is 9.63. The molecule has 1 aromatic carbocycles. The van der Waals surface area contributed by atoms with E-state index in [9.17, 15) is 19.2 Å². The molecule has 142 valence electrons. The Morgan fingerprint density at radius 3 is 2.22 bits per heavy atom. The lowest BCUT2D eigenvalue weighted by atomic mass is 9.81. The van der Waals surface area contributed by atoms with E-state index in [0.29, 0.717) is 22.4 Å². The molecule has 4 atom stereocenters. The maximum atomic E-state index is 12.6. The average molecular weight is 390 g/mol. The van der Waals surface area contributed by atoms with Crippen LogP contribution in [-0.4, -0.2) is 41.6 Å². The number of likely N-dealkylation sites (tertiary alicyclic amines) is 1. The number of hydrogen-bond donors (Lipinski definition) is 0. The Bertz CT molecular complexity index is 777. The number of Topliss-reactive ketones (excluding diaryl/α,β-unsaturated/α-hetero) is 1. The zero-order chi connectivity index (χ0) is 19.1. The largest absolute Gasteiger partial charge is 0.457 e. The molecule has 0 spiro atoms. The van der Waals surface area contributed by atoms with E-state index >= 15 is 0 Å². The van der Waals surface area contributed by atoms with Crippen molar-refractivity contribution in [3.63, 3.8) is 0 Å². The number of halogens is 1. The van der Waals surface area contributed by atoms with Gasteiger partial charge in [-0.3, -0.25) is 24.1 Å². The molecule has 0 aromatic heterocycles. The highest BCUT2D eigenvalue weighted by molar-refractivity contribution is 6.30. The summed E-state index contributed by atoms with van der Waals surface area (Å²) >= 11 is 5.77. The number of carbonyl (C=O) groups is 4. The molecule has 2 bridgehead atoms. The lowest BCUT2D eigenvalue weighted by molar-refractivity contribution is -0.145. The number of ether oxygens (including phenoxy) is 1. The van der Waals surface area contributed by atoms with E-state index in [-0.39, 0.29) is 49.0 Å². The van der Waals surface area contributed by atoms with Gasteiger partial charge in [-0.25, -0.2) is 0 Å². The smallest absolute Gasteiger partial charge is 0.308 e. The lowest BCUT2D eigenvalue weighted by Crippen LogP contribution is -2.35. The monoisotopic (exact) mass is 389 g/mol. The summed E-state index contributed by atoms with van der Waals surface area (Å²) in [5.74, 6) is -0.921. The Morgan fingerprint density at radius 2 is 1.63 bits per heavy atom. The summed E-state index contributed by atoms with van der Waals surface area (Å²) in [7, 11) is 0. The van der Waals surface area contributed by atoms with E-state index in [0.717, 1.165) is 19.3 Å². The van der Waals surface area contributed by atoms with Crippen LogP contribution in [0.4, 0.5) is 0 Å². The van der Waals surface area contributed by atoms with Gasteiger partial charge >= 0.3 is 5.97 Å². The van der Waals surface area contributed by atoms with Crippen molar-refractivity contribution >= 4 is 35.2 Å². The molecule has 7 heteroatoms. The summed E-state index contributed by atoms with van der Waals surface area (Å²) in [6.07, 6.45) is 2.93. The number of benzene rings is 1. The summed E-state index contributed by atoms with van der Waals surface area (Å²) in [5.41, 5.74) is 0.403. The highest BCUT2D eigenvalue weighted by Crippen LogP contribution is 2.56. The van der Waals surface area contributed by atoms with Crippen LogP contribution in [0.25, 0.3) is 0 Å². The molecule has 0 N–H and O–H groups in total. The molecule has 1 aromatic rings. The van der Waals surface area contributed by atoms with Gasteiger partial charge in [0.2, 0.25) is 11.8 Å². The molecule has 6 nitrogen and oxygen atoms in total. The van der Waals surface area contributed by atoms with Gasteiger partial charge in [0.15, 0.2) is 12.4 Å². The first-order valence-electron chi connectivity index (χ1n) is 9.25. The molecule has 0 radical (unpaired) electrons. The number of rotatable bonds is 6. The topological polar surface area (TPSA) is 80.8 Å². The predicted octanol–water partition coefficient (Wildman–Crippen LogP) is 2.49. The molecule has 27 heavy (non-hydrogen) atoms. The molecule has 4 rings (SSSR count). The summed E-state index contributed by atoms with van der Waals surface area (Å²) in [4.78, 5) is 50.3. The second-order valence-electron chi connectivity index (χ2n) is 7.55. The quantitative estimate of drug-likeness (QED) is 0.424. The molecule has 1 aliphatic heterocycles. The Balaban J connectivity index is 1.27. The van der Waals surface area contributed by atoms with Gasteiger partial charge in [0.1, 0.15) is 0 Å². The minimum atomic E-state index is -0.599. The zero-order valence-corrected chi connectivity index (χ0v) is 15.5. The van der Waals surface area contributed by atoms with Crippen molar-refractivity contribution in [2.45, 2.75) is 25.7 Å². The number of fused-ring (bicyclic) bond motifs is 5. The normalized spacial score (nSPS) is 28.6. The maximum absolute atomic E-state index is 12.6. The van der Waals surface area contributed by atoms with Crippen LogP contribution in [0.3, 0.4) is 0 Å². The first kappa shape index (κ1) is 18.2. The van der Waals surface area contributed by atoms with Gasteiger partial charge in [-0.05, 0) is 55.4 Å². The Hall–Kier alpha value is -2.21. The Kier molecular flexibility index (Phi) is 4.76. The molecule has 3 aliphatic rings. The molecule has 2 aliphatic carbocycles. The van der Waals surface area contributed by atoms with Gasteiger partial charge in [0.05, 0.1) is 18.3 Å². The van der Waals surface area contributed by atoms with E-state index in [1.54, 1.807) is 24.3 Å². The van der Waals surface area contributed by atoms with Crippen LogP contribution < -0.4 is 0 Å². The predicted molar refractivity (Wildman–Crippen MR) is 95.9 cm³/mol. The van der Waals surface area contributed by atoms with Crippen LogP contribution in [0.2, 0.25) is 5.02 Å². The van der Waals surface area contributed by atoms with Crippen LogP contribution in [0.15, 0.2) is 24.3 Å². The minimum Gasteiger partial charge on any atom is -0.457 e. The van der Waals surface area contributed by atoms with E-state index < -0.39 is 5.97 Å². The highest BCUT2D eigenvalue weighted by atomic mass is 35.5. The molecular weight excluding hydrogens is 370 g/mol. The van der Waals surface area contributed by atoms with Gasteiger partial charge in [0.25, 0.3) is 0 Å². The number of nitrogens with zero attached hydrogens (tertiary/aromatic N) is 1. The molecule has 1 saturated heterocycles. The van der Waals surface area contributed by atoms with Crippen LogP contribution >= 0.6 is 11.6 Å². The van der Waals surface area contributed by atoms with Crippen LogP contribution in [0.1, 0.15) is 36.0 Å². The van der Waals surface area contributed by atoms with Crippen molar-refractivity contribution in [2.24, 2.45) is 23.7 Å². The van der Waals surface area contributed by atoms with Crippen LogP contribution in [0, 0.1) is 23.7 Å². The van der Waals surface area contributed by atoms with Crippen molar-refractivity contribution in [1.29, 1.82) is 0 Å². The molecule has 3 fully saturated rings. The summed E-state index contributed by atoms with van der Waals surface area (Å²) in [5, 5.41) is 0.515. The second kappa shape index (κ2) is 7.08. The Labute approximate surface area is 161 Å². The number of imide groups is 1. The summed E-state index contributed by atoms with van der Waals surface area (Å²) < 4.78 is 5.00. The van der Waals surface area contributed by atoms with E-state index in [4.69, 9.17) is 16.3 Å². The fourth-order valence-corrected chi connectivity index (χ4v) is 4.96. The van der Waals surface area contributed by atoms with Gasteiger partial charge in [-0.2, -0.15) is 0 Å². The lowest BCUT2D eigenvalue weighted by Gasteiger charge is -2.19. The number of hydrogen-bond acceptors (Lipinski definition) is 5. The second-order valence-corrected chi connectivity index (χ2v) is 7.99. The van der Waals surface area contributed by atoms with Gasteiger partial charge in [0, 0.05) is 17.1 Å². The van der Waals surface area contributed by atoms with Crippen molar-refractivity contribution in [2.75, 3.05) is 13.2 Å².